The molecule has 0 heterocycles. The summed E-state index contributed by atoms with van der Waals surface area (Å²) in [7, 11) is 0. The summed E-state index contributed by atoms with van der Waals surface area (Å²) in [6.07, 6.45) is 2.49. The van der Waals surface area contributed by atoms with E-state index in [1.54, 1.807) is 0 Å². The van der Waals surface area contributed by atoms with Crippen molar-refractivity contribution in [2.45, 2.75) is 45.8 Å². The number of rotatable bonds is 4. The zero-order chi connectivity index (χ0) is 14.8. The first-order valence-corrected chi connectivity index (χ1v) is 7.75. The molecule has 0 saturated heterocycles. The number of para-hydroxylation sites is 2. The number of hydrogen-bond donors (Lipinski definition) is 1. The lowest BCUT2D eigenvalue weighted by atomic mass is 10.0. The van der Waals surface area contributed by atoms with Crippen LogP contribution in [-0.4, -0.2) is 6.10 Å². The first-order valence-electron chi connectivity index (χ1n) is 7.75. The van der Waals surface area contributed by atoms with Crippen LogP contribution in [0.3, 0.4) is 0 Å². The van der Waals surface area contributed by atoms with Gasteiger partial charge in [-0.25, -0.2) is 0 Å². The molecule has 110 valence electrons. The molecule has 0 saturated carbocycles. The maximum absolute atomic E-state index is 5.90. The Kier molecular flexibility index (Phi) is 3.87. The Labute approximate surface area is 127 Å². The minimum atomic E-state index is 0.186. The first-order chi connectivity index (χ1) is 10.1. The van der Waals surface area contributed by atoms with Gasteiger partial charge < -0.3 is 10.1 Å². The van der Waals surface area contributed by atoms with Crippen molar-refractivity contribution >= 4 is 5.69 Å². The molecular formula is C19H23NO. The van der Waals surface area contributed by atoms with E-state index in [9.17, 15) is 0 Å². The van der Waals surface area contributed by atoms with Crippen molar-refractivity contribution in [2.24, 2.45) is 0 Å². The molecule has 0 aliphatic heterocycles. The second-order valence-corrected chi connectivity index (χ2v) is 6.10. The van der Waals surface area contributed by atoms with Gasteiger partial charge in [0.25, 0.3) is 0 Å². The van der Waals surface area contributed by atoms with Crippen LogP contribution in [0.25, 0.3) is 0 Å². The van der Waals surface area contributed by atoms with E-state index in [0.29, 0.717) is 6.04 Å². The quantitative estimate of drug-likeness (QED) is 0.862. The summed E-state index contributed by atoms with van der Waals surface area (Å²) in [5.74, 6) is 0.939. The van der Waals surface area contributed by atoms with E-state index in [0.717, 1.165) is 24.3 Å². The number of anilines is 1. The fraction of sp³-hybridized carbons (Fsp3) is 0.368. The zero-order valence-corrected chi connectivity index (χ0v) is 13.0. The summed E-state index contributed by atoms with van der Waals surface area (Å²) >= 11 is 0. The molecule has 0 radical (unpaired) electrons. The monoisotopic (exact) mass is 281 g/mol. The van der Waals surface area contributed by atoms with Crippen LogP contribution >= 0.6 is 0 Å². The van der Waals surface area contributed by atoms with Crippen LogP contribution in [0.15, 0.2) is 42.5 Å². The molecule has 1 aliphatic rings. The van der Waals surface area contributed by atoms with Gasteiger partial charge in [-0.3, -0.25) is 0 Å². The van der Waals surface area contributed by atoms with Crippen LogP contribution in [0.5, 0.6) is 5.75 Å². The molecule has 0 aromatic heterocycles. The molecule has 3 rings (SSSR count). The number of nitrogens with one attached hydrogen (secondary N) is 1. The van der Waals surface area contributed by atoms with Gasteiger partial charge in [0.1, 0.15) is 5.75 Å². The minimum absolute atomic E-state index is 0.186. The lowest BCUT2D eigenvalue weighted by molar-refractivity contribution is 0.243. The van der Waals surface area contributed by atoms with Crippen molar-refractivity contribution < 1.29 is 4.74 Å². The lowest BCUT2D eigenvalue weighted by Crippen LogP contribution is -2.11. The normalized spacial score (nSPS) is 16.9. The predicted octanol–water partition coefficient (Wildman–Crippen LogP) is 4.88. The van der Waals surface area contributed by atoms with E-state index in [2.05, 4.69) is 56.4 Å². The topological polar surface area (TPSA) is 21.3 Å². The number of fused-ring (bicyclic) bond motifs is 1. The highest BCUT2D eigenvalue weighted by Crippen LogP contribution is 2.37. The van der Waals surface area contributed by atoms with Crippen LogP contribution in [0, 0.1) is 6.92 Å². The van der Waals surface area contributed by atoms with Gasteiger partial charge in [-0.1, -0.05) is 35.9 Å². The molecule has 0 fully saturated rings. The molecule has 2 nitrogen and oxygen atoms in total. The van der Waals surface area contributed by atoms with Crippen molar-refractivity contribution in [3.05, 3.63) is 59.2 Å². The van der Waals surface area contributed by atoms with Crippen molar-refractivity contribution in [3.63, 3.8) is 0 Å². The smallest absolute Gasteiger partial charge is 0.142 e. The highest BCUT2D eigenvalue weighted by atomic mass is 16.5. The minimum Gasteiger partial charge on any atom is -0.489 e. The summed E-state index contributed by atoms with van der Waals surface area (Å²) in [5, 5.41) is 3.67. The van der Waals surface area contributed by atoms with E-state index in [1.807, 2.05) is 12.1 Å². The third kappa shape index (κ3) is 3.05. The Morgan fingerprint density at radius 2 is 1.95 bits per heavy atom. The molecule has 21 heavy (non-hydrogen) atoms. The average Bonchev–Trinajstić information content (AvgIpc) is 2.83. The Morgan fingerprint density at radius 1 is 1.14 bits per heavy atom. The summed E-state index contributed by atoms with van der Waals surface area (Å²) in [6.45, 7) is 6.28. The number of benzene rings is 2. The zero-order valence-electron chi connectivity index (χ0n) is 13.0. The van der Waals surface area contributed by atoms with Crippen molar-refractivity contribution in [1.29, 1.82) is 0 Å². The number of aryl methyl sites for hydroxylation is 2. The van der Waals surface area contributed by atoms with E-state index < -0.39 is 0 Å². The fourth-order valence-electron chi connectivity index (χ4n) is 3.00. The van der Waals surface area contributed by atoms with Gasteiger partial charge in [0, 0.05) is 0 Å². The summed E-state index contributed by atoms with van der Waals surface area (Å²) in [4.78, 5) is 0. The van der Waals surface area contributed by atoms with Gasteiger partial charge in [-0.15, -0.1) is 0 Å². The van der Waals surface area contributed by atoms with Crippen molar-refractivity contribution in [1.82, 2.24) is 0 Å². The van der Waals surface area contributed by atoms with Gasteiger partial charge in [0.15, 0.2) is 0 Å². The largest absolute Gasteiger partial charge is 0.489 e. The van der Waals surface area contributed by atoms with Gasteiger partial charge in [0.2, 0.25) is 0 Å². The molecule has 2 aromatic rings. The molecule has 0 bridgehead atoms. The Morgan fingerprint density at radius 3 is 2.76 bits per heavy atom. The van der Waals surface area contributed by atoms with Crippen molar-refractivity contribution in [3.8, 4) is 5.75 Å². The third-order valence-electron chi connectivity index (χ3n) is 3.96. The van der Waals surface area contributed by atoms with Crippen molar-refractivity contribution in [2.75, 3.05) is 5.32 Å². The highest BCUT2D eigenvalue weighted by molar-refractivity contribution is 5.58. The molecule has 2 heteroatoms. The van der Waals surface area contributed by atoms with E-state index in [1.165, 1.54) is 16.7 Å². The molecule has 0 spiro atoms. The average molecular weight is 281 g/mol. The predicted molar refractivity (Wildman–Crippen MR) is 88.1 cm³/mol. The second-order valence-electron chi connectivity index (χ2n) is 6.10. The third-order valence-corrected chi connectivity index (χ3v) is 3.96. The molecular weight excluding hydrogens is 258 g/mol. The van der Waals surface area contributed by atoms with Gasteiger partial charge in [0.05, 0.1) is 17.8 Å². The maximum atomic E-state index is 5.90. The van der Waals surface area contributed by atoms with Gasteiger partial charge in [-0.2, -0.15) is 0 Å². The Bertz CT molecular complexity index is 633. The molecule has 2 aromatic carbocycles. The highest BCUT2D eigenvalue weighted by Gasteiger charge is 2.23. The molecule has 1 N–H and O–H groups in total. The molecule has 1 aliphatic carbocycles. The maximum Gasteiger partial charge on any atom is 0.142 e. The second kappa shape index (κ2) is 5.80. The van der Waals surface area contributed by atoms with Crippen LogP contribution in [-0.2, 0) is 6.42 Å². The molecule has 1 unspecified atom stereocenters. The SMILES string of the molecule is Cc1ccc2c(c1)C(Nc1ccccc1OC(C)C)CC2. The van der Waals surface area contributed by atoms with Crippen LogP contribution in [0.2, 0.25) is 0 Å². The summed E-state index contributed by atoms with van der Waals surface area (Å²) < 4.78 is 5.90. The first kappa shape index (κ1) is 14.0. The van der Waals surface area contributed by atoms with Gasteiger partial charge >= 0.3 is 0 Å². The number of hydrogen-bond acceptors (Lipinski definition) is 2. The lowest BCUT2D eigenvalue weighted by Gasteiger charge is -2.20. The standard InChI is InChI=1S/C19H23NO/c1-13(2)21-19-7-5-4-6-18(19)20-17-11-10-15-9-8-14(3)12-16(15)17/h4-9,12-13,17,20H,10-11H2,1-3H3. The molecule has 1 atom stereocenters. The van der Waals surface area contributed by atoms with Gasteiger partial charge in [-0.05, 0) is 56.9 Å². The number of ether oxygens (including phenoxy) is 1. The Hall–Kier alpha value is -1.96. The van der Waals surface area contributed by atoms with Crippen LogP contribution in [0.1, 0.15) is 43.0 Å². The van der Waals surface area contributed by atoms with E-state index in [-0.39, 0.29) is 6.10 Å². The van der Waals surface area contributed by atoms with Crippen LogP contribution < -0.4 is 10.1 Å². The summed E-state index contributed by atoms with van der Waals surface area (Å²) in [6, 6.07) is 15.4. The van der Waals surface area contributed by atoms with E-state index in [4.69, 9.17) is 4.74 Å². The summed E-state index contributed by atoms with van der Waals surface area (Å²) in [5.41, 5.74) is 5.33. The fourth-order valence-corrected chi connectivity index (χ4v) is 3.00. The Balaban J connectivity index is 1.85. The molecule has 0 amide bonds. The van der Waals surface area contributed by atoms with Crippen LogP contribution in [0.4, 0.5) is 5.69 Å². The van der Waals surface area contributed by atoms with E-state index >= 15 is 0 Å².